The third-order valence-electron chi connectivity index (χ3n) is 10.9. The molecule has 2 aromatic heterocycles. The molecule has 1 aliphatic rings. The Morgan fingerprint density at radius 1 is 0.411 bits per heavy atom. The highest BCUT2D eigenvalue weighted by Crippen LogP contribution is 2.46. The van der Waals surface area contributed by atoms with Crippen molar-refractivity contribution in [1.82, 2.24) is 15.0 Å². The fourth-order valence-electron chi connectivity index (χ4n) is 8.26. The van der Waals surface area contributed by atoms with Crippen LogP contribution in [0.1, 0.15) is 17.5 Å². The number of aromatic nitrogens is 3. The van der Waals surface area contributed by atoms with Gasteiger partial charge in [-0.05, 0) is 80.0 Å². The maximum atomic E-state index is 6.94. The lowest BCUT2D eigenvalue weighted by Gasteiger charge is -2.14. The molecule has 0 radical (unpaired) electrons. The summed E-state index contributed by atoms with van der Waals surface area (Å²) in [5.74, 6) is 1.90. The summed E-state index contributed by atoms with van der Waals surface area (Å²) in [5.41, 5.74) is 11.4. The van der Waals surface area contributed by atoms with E-state index in [4.69, 9.17) is 19.4 Å². The molecule has 0 saturated carbocycles. The van der Waals surface area contributed by atoms with Crippen LogP contribution in [-0.2, 0) is 0 Å². The Kier molecular flexibility index (Phi) is 7.52. The van der Waals surface area contributed by atoms with E-state index >= 15 is 0 Å². The van der Waals surface area contributed by atoms with Crippen molar-refractivity contribution in [2.45, 2.75) is 6.42 Å². The zero-order valence-electron chi connectivity index (χ0n) is 30.4. The van der Waals surface area contributed by atoms with Gasteiger partial charge in [0.15, 0.2) is 17.5 Å². The second kappa shape index (κ2) is 13.2. The van der Waals surface area contributed by atoms with E-state index in [0.717, 1.165) is 83.5 Å². The van der Waals surface area contributed by atoms with Crippen molar-refractivity contribution in [3.8, 4) is 56.4 Å². The predicted molar refractivity (Wildman–Crippen MR) is 232 cm³/mol. The fraction of sp³-hybridized carbons (Fsp3) is 0.0192. The summed E-state index contributed by atoms with van der Waals surface area (Å²) < 4.78 is 6.94. The molecule has 0 aliphatic heterocycles. The Morgan fingerprint density at radius 3 is 1.86 bits per heavy atom. The Balaban J connectivity index is 1.14. The highest BCUT2D eigenvalue weighted by molar-refractivity contribution is 6.21. The van der Waals surface area contributed by atoms with Gasteiger partial charge >= 0.3 is 0 Å². The van der Waals surface area contributed by atoms with Gasteiger partial charge in [-0.3, -0.25) is 0 Å². The lowest BCUT2D eigenvalue weighted by molar-refractivity contribution is 0.670. The summed E-state index contributed by atoms with van der Waals surface area (Å²) in [7, 11) is 0. The summed E-state index contributed by atoms with van der Waals surface area (Å²) >= 11 is 0. The molecular weight excluding hydrogens is 683 g/mol. The van der Waals surface area contributed by atoms with E-state index in [-0.39, 0.29) is 0 Å². The first-order chi connectivity index (χ1) is 27.8. The average Bonchev–Trinajstić information content (AvgIpc) is 3.50. The quantitative estimate of drug-likeness (QED) is 0.178. The minimum absolute atomic E-state index is 0.626. The third kappa shape index (κ3) is 5.34. The van der Waals surface area contributed by atoms with Crippen molar-refractivity contribution in [3.63, 3.8) is 0 Å². The molecule has 0 N–H and O–H groups in total. The van der Waals surface area contributed by atoms with Gasteiger partial charge < -0.3 is 4.42 Å². The first kappa shape index (κ1) is 32.0. The molecule has 10 aromatic rings. The van der Waals surface area contributed by atoms with Gasteiger partial charge in [-0.1, -0.05) is 164 Å². The molecule has 0 spiro atoms. The van der Waals surface area contributed by atoms with E-state index in [9.17, 15) is 0 Å². The van der Waals surface area contributed by atoms with Crippen LogP contribution < -0.4 is 0 Å². The van der Waals surface area contributed by atoms with Crippen molar-refractivity contribution in [2.24, 2.45) is 0 Å². The van der Waals surface area contributed by atoms with Crippen LogP contribution in [0.25, 0.3) is 112 Å². The van der Waals surface area contributed by atoms with Gasteiger partial charge in [0.05, 0.1) is 0 Å². The van der Waals surface area contributed by atoms with Gasteiger partial charge in [-0.15, -0.1) is 0 Å². The van der Waals surface area contributed by atoms with Crippen molar-refractivity contribution in [1.29, 1.82) is 0 Å². The molecule has 4 nitrogen and oxygen atoms in total. The molecule has 8 aromatic carbocycles. The van der Waals surface area contributed by atoms with Gasteiger partial charge in [-0.2, -0.15) is 0 Å². The molecule has 56 heavy (non-hydrogen) atoms. The lowest BCUT2D eigenvalue weighted by Crippen LogP contribution is -2.01. The molecule has 11 rings (SSSR count). The summed E-state index contributed by atoms with van der Waals surface area (Å²) in [6.07, 6.45) is 9.83. The molecule has 0 amide bonds. The summed E-state index contributed by atoms with van der Waals surface area (Å²) in [4.78, 5) is 15.3. The molecule has 4 heteroatoms. The number of furan rings is 1. The van der Waals surface area contributed by atoms with E-state index in [0.29, 0.717) is 17.5 Å². The Labute approximate surface area is 323 Å². The third-order valence-corrected chi connectivity index (χ3v) is 10.9. The number of fused-ring (bicyclic) bond motifs is 7. The fourth-order valence-corrected chi connectivity index (χ4v) is 8.26. The number of hydrogen-bond donors (Lipinski definition) is 0. The Bertz CT molecular complexity index is 3210. The van der Waals surface area contributed by atoms with Crippen LogP contribution in [0.5, 0.6) is 0 Å². The maximum Gasteiger partial charge on any atom is 0.164 e. The molecule has 0 saturated heterocycles. The molecule has 0 unspecified atom stereocenters. The molecule has 262 valence electrons. The molecular formula is C52H33N3O. The Hall–Kier alpha value is -7.43. The van der Waals surface area contributed by atoms with Crippen LogP contribution >= 0.6 is 0 Å². The SMILES string of the molecule is C1=Cc2ccc3oc4c(-c5ccc(-c6nc(-c7ccccc7)nc(-c7ccc8ccccc8c7)n6)c6ccccc56)ccc(-c5ccccc5)c4c3c2C=CC1. The maximum absolute atomic E-state index is 6.94. The number of nitrogens with zero attached hydrogens (tertiary/aromatic N) is 3. The molecule has 0 bridgehead atoms. The first-order valence-corrected chi connectivity index (χ1v) is 19.0. The zero-order valence-corrected chi connectivity index (χ0v) is 30.4. The smallest absolute Gasteiger partial charge is 0.164 e. The predicted octanol–water partition coefficient (Wildman–Crippen LogP) is 13.8. The molecule has 0 fully saturated rings. The van der Waals surface area contributed by atoms with Gasteiger partial charge in [0, 0.05) is 33.0 Å². The summed E-state index contributed by atoms with van der Waals surface area (Å²) in [5, 5.41) is 6.73. The lowest BCUT2D eigenvalue weighted by atomic mass is 9.90. The highest BCUT2D eigenvalue weighted by atomic mass is 16.3. The van der Waals surface area contributed by atoms with Crippen molar-refractivity contribution < 1.29 is 4.42 Å². The van der Waals surface area contributed by atoms with Gasteiger partial charge in [0.25, 0.3) is 0 Å². The highest BCUT2D eigenvalue weighted by Gasteiger charge is 2.23. The van der Waals surface area contributed by atoms with Crippen molar-refractivity contribution in [3.05, 3.63) is 187 Å². The van der Waals surface area contributed by atoms with Crippen molar-refractivity contribution in [2.75, 3.05) is 0 Å². The monoisotopic (exact) mass is 715 g/mol. The van der Waals surface area contributed by atoms with E-state index in [1.807, 2.05) is 30.3 Å². The van der Waals surface area contributed by atoms with Gasteiger partial charge in [-0.25, -0.2) is 15.0 Å². The van der Waals surface area contributed by atoms with Crippen LogP contribution in [0.15, 0.2) is 180 Å². The zero-order chi connectivity index (χ0) is 37.0. The van der Waals surface area contributed by atoms with Crippen LogP contribution in [-0.4, -0.2) is 15.0 Å². The minimum atomic E-state index is 0.626. The van der Waals surface area contributed by atoms with Gasteiger partial charge in [0.2, 0.25) is 0 Å². The molecule has 0 atom stereocenters. The number of benzene rings is 8. The van der Waals surface area contributed by atoms with E-state index < -0.39 is 0 Å². The van der Waals surface area contributed by atoms with E-state index in [1.165, 1.54) is 16.5 Å². The van der Waals surface area contributed by atoms with Crippen LogP contribution in [0.2, 0.25) is 0 Å². The van der Waals surface area contributed by atoms with E-state index in [2.05, 4.69) is 158 Å². The summed E-state index contributed by atoms with van der Waals surface area (Å²) in [6, 6.07) is 57.2. The molecule has 2 heterocycles. The Morgan fingerprint density at radius 2 is 1.04 bits per heavy atom. The number of hydrogen-bond acceptors (Lipinski definition) is 4. The van der Waals surface area contributed by atoms with Crippen LogP contribution in [0, 0.1) is 0 Å². The number of allylic oxidation sites excluding steroid dienone is 2. The van der Waals surface area contributed by atoms with Gasteiger partial charge in [0.1, 0.15) is 11.2 Å². The summed E-state index contributed by atoms with van der Waals surface area (Å²) in [6.45, 7) is 0. The van der Waals surface area contributed by atoms with Crippen LogP contribution in [0.4, 0.5) is 0 Å². The standard InChI is InChI=1S/C52H33N3O/c1-4-15-34(16-5-1)40-27-29-44(49-48(40)47-39-21-9-3-6-17-35(39)26-31-46(47)56-49)43-28-30-45(42-23-13-12-22-41(42)43)52-54-50(36-18-7-2-8-19-36)53-51(55-52)38-25-24-33-14-10-11-20-37(33)32-38/h1-2,4-32H,3H2. The van der Waals surface area contributed by atoms with Crippen LogP contribution in [0.3, 0.4) is 0 Å². The second-order valence-corrected chi connectivity index (χ2v) is 14.3. The van der Waals surface area contributed by atoms with E-state index in [1.54, 1.807) is 0 Å². The first-order valence-electron chi connectivity index (χ1n) is 19.0. The normalized spacial score (nSPS) is 12.4. The second-order valence-electron chi connectivity index (χ2n) is 14.3. The largest absolute Gasteiger partial charge is 0.455 e. The minimum Gasteiger partial charge on any atom is -0.455 e. The average molecular weight is 716 g/mol. The topological polar surface area (TPSA) is 51.8 Å². The van der Waals surface area contributed by atoms with Crippen molar-refractivity contribution >= 4 is 55.6 Å². The molecule has 1 aliphatic carbocycles. The number of rotatable bonds is 5.